The minimum Gasteiger partial charge on any atom is -0.457 e. The average molecular weight is 549 g/mol. The Labute approximate surface area is 219 Å². The van der Waals surface area contributed by atoms with Crippen LogP contribution in [0.5, 0.6) is 0 Å². The lowest BCUT2D eigenvalue weighted by Crippen LogP contribution is -2.13. The number of nitriles is 1. The molecule has 1 amide bonds. The summed E-state index contributed by atoms with van der Waals surface area (Å²) < 4.78 is 5.74. The SMILES string of the molecule is N#C/C(=C\c1ccc(-c2ccc(Cl)c(Cl)c2)o1)C(=O)Nc1ncc(Cc2cc(Cl)ccc2Cl)s1. The van der Waals surface area contributed by atoms with Gasteiger partial charge in [0.15, 0.2) is 5.13 Å². The van der Waals surface area contributed by atoms with Gasteiger partial charge in [-0.1, -0.05) is 46.4 Å². The van der Waals surface area contributed by atoms with E-state index in [0.29, 0.717) is 48.7 Å². The van der Waals surface area contributed by atoms with E-state index in [-0.39, 0.29) is 5.57 Å². The molecule has 0 bridgehead atoms. The number of nitrogens with one attached hydrogen (secondary N) is 1. The molecule has 2 aromatic heterocycles. The number of amides is 1. The second-order valence-corrected chi connectivity index (χ2v) is 9.77. The lowest BCUT2D eigenvalue weighted by molar-refractivity contribution is -0.112. The van der Waals surface area contributed by atoms with E-state index >= 15 is 0 Å². The van der Waals surface area contributed by atoms with E-state index in [9.17, 15) is 10.1 Å². The topological polar surface area (TPSA) is 78.9 Å². The Balaban J connectivity index is 1.46. The first kappa shape index (κ1) is 24.3. The maximum atomic E-state index is 12.6. The predicted molar refractivity (Wildman–Crippen MR) is 138 cm³/mol. The van der Waals surface area contributed by atoms with Gasteiger partial charge in [-0.15, -0.1) is 11.3 Å². The van der Waals surface area contributed by atoms with E-state index in [4.69, 9.17) is 50.8 Å². The monoisotopic (exact) mass is 547 g/mol. The number of anilines is 1. The van der Waals surface area contributed by atoms with Gasteiger partial charge in [-0.25, -0.2) is 4.98 Å². The van der Waals surface area contributed by atoms with Crippen LogP contribution in [0.15, 0.2) is 64.7 Å². The summed E-state index contributed by atoms with van der Waals surface area (Å²) in [6.07, 6.45) is 3.51. The number of hydrogen-bond acceptors (Lipinski definition) is 5. The van der Waals surface area contributed by atoms with E-state index in [1.165, 1.54) is 17.4 Å². The Morgan fingerprint density at radius 3 is 2.62 bits per heavy atom. The molecule has 2 aromatic carbocycles. The summed E-state index contributed by atoms with van der Waals surface area (Å²) in [5, 5.41) is 14.5. The van der Waals surface area contributed by atoms with Crippen molar-refractivity contribution < 1.29 is 9.21 Å². The number of benzene rings is 2. The zero-order chi connectivity index (χ0) is 24.2. The molecular weight excluding hydrogens is 536 g/mol. The van der Waals surface area contributed by atoms with Gasteiger partial charge < -0.3 is 4.42 Å². The summed E-state index contributed by atoms with van der Waals surface area (Å²) in [6.45, 7) is 0. The van der Waals surface area contributed by atoms with Crippen molar-refractivity contribution in [2.24, 2.45) is 0 Å². The van der Waals surface area contributed by atoms with Crippen molar-refractivity contribution in [3.8, 4) is 17.4 Å². The molecule has 0 unspecified atom stereocenters. The lowest BCUT2D eigenvalue weighted by atomic mass is 10.1. The largest absolute Gasteiger partial charge is 0.457 e. The fourth-order valence-corrected chi connectivity index (χ4v) is 4.51. The smallest absolute Gasteiger partial charge is 0.268 e. The summed E-state index contributed by atoms with van der Waals surface area (Å²) in [4.78, 5) is 17.7. The number of carbonyl (C=O) groups is 1. The average Bonchev–Trinajstić information content (AvgIpc) is 3.46. The molecule has 4 aromatic rings. The summed E-state index contributed by atoms with van der Waals surface area (Å²) in [5.74, 6) is 0.256. The number of rotatable bonds is 6. The molecular formula is C24H13Cl4N3O2S. The minimum atomic E-state index is -0.600. The van der Waals surface area contributed by atoms with Crippen LogP contribution in [-0.4, -0.2) is 10.9 Å². The molecule has 34 heavy (non-hydrogen) atoms. The van der Waals surface area contributed by atoms with Crippen molar-refractivity contribution in [2.75, 3.05) is 5.32 Å². The number of thiazole rings is 1. The number of aromatic nitrogens is 1. The van der Waals surface area contributed by atoms with Crippen LogP contribution < -0.4 is 5.32 Å². The Bertz CT molecular complexity index is 1450. The molecule has 0 saturated heterocycles. The number of halogens is 4. The van der Waals surface area contributed by atoms with Crippen molar-refractivity contribution >= 4 is 74.9 Å². The molecule has 0 aliphatic carbocycles. The molecule has 0 atom stereocenters. The molecule has 0 aliphatic rings. The fraction of sp³-hybridized carbons (Fsp3) is 0.0417. The van der Waals surface area contributed by atoms with E-state index in [2.05, 4.69) is 10.3 Å². The van der Waals surface area contributed by atoms with Crippen LogP contribution >= 0.6 is 57.7 Å². The highest BCUT2D eigenvalue weighted by Gasteiger charge is 2.14. The second-order valence-electron chi connectivity index (χ2n) is 7.00. The molecule has 0 spiro atoms. The summed E-state index contributed by atoms with van der Waals surface area (Å²) >= 11 is 25.5. The van der Waals surface area contributed by atoms with Crippen LogP contribution in [0, 0.1) is 11.3 Å². The first-order valence-electron chi connectivity index (χ1n) is 9.69. The summed E-state index contributed by atoms with van der Waals surface area (Å²) in [6, 6.07) is 15.6. The Morgan fingerprint density at radius 2 is 1.85 bits per heavy atom. The highest BCUT2D eigenvalue weighted by Crippen LogP contribution is 2.30. The molecule has 4 rings (SSSR count). The first-order chi connectivity index (χ1) is 16.3. The minimum absolute atomic E-state index is 0.135. The van der Waals surface area contributed by atoms with E-state index < -0.39 is 5.91 Å². The van der Waals surface area contributed by atoms with Crippen LogP contribution in [0.2, 0.25) is 20.1 Å². The first-order valence-corrected chi connectivity index (χ1v) is 12.0. The maximum absolute atomic E-state index is 12.6. The van der Waals surface area contributed by atoms with Gasteiger partial charge in [0.1, 0.15) is 23.2 Å². The van der Waals surface area contributed by atoms with Crippen molar-refractivity contribution in [3.63, 3.8) is 0 Å². The van der Waals surface area contributed by atoms with Crippen LogP contribution in [0.4, 0.5) is 5.13 Å². The van der Waals surface area contributed by atoms with Gasteiger partial charge in [0, 0.05) is 39.2 Å². The van der Waals surface area contributed by atoms with Gasteiger partial charge in [-0.3, -0.25) is 10.1 Å². The third-order valence-electron chi connectivity index (χ3n) is 4.63. The fourth-order valence-electron chi connectivity index (χ4n) is 3.00. The van der Waals surface area contributed by atoms with Crippen molar-refractivity contribution in [1.29, 1.82) is 5.26 Å². The number of hydrogen-bond donors (Lipinski definition) is 1. The van der Waals surface area contributed by atoms with E-state index in [1.807, 2.05) is 6.07 Å². The zero-order valence-corrected chi connectivity index (χ0v) is 21.0. The quantitative estimate of drug-likeness (QED) is 0.195. The zero-order valence-electron chi connectivity index (χ0n) is 17.1. The van der Waals surface area contributed by atoms with Crippen LogP contribution in [0.1, 0.15) is 16.2 Å². The summed E-state index contributed by atoms with van der Waals surface area (Å²) in [7, 11) is 0. The predicted octanol–water partition coefficient (Wildman–Crippen LogP) is 8.15. The molecule has 0 saturated carbocycles. The Morgan fingerprint density at radius 1 is 1.06 bits per heavy atom. The normalized spacial score (nSPS) is 11.3. The summed E-state index contributed by atoms with van der Waals surface area (Å²) in [5.41, 5.74) is 1.43. The Kier molecular flexibility index (Phi) is 7.62. The lowest BCUT2D eigenvalue weighted by Gasteiger charge is -2.02. The highest BCUT2D eigenvalue weighted by atomic mass is 35.5. The van der Waals surface area contributed by atoms with Gasteiger partial charge in [0.25, 0.3) is 5.91 Å². The van der Waals surface area contributed by atoms with Gasteiger partial charge >= 0.3 is 0 Å². The molecule has 0 aliphatic heterocycles. The van der Waals surface area contributed by atoms with Gasteiger partial charge in [0.05, 0.1) is 10.0 Å². The molecule has 2 heterocycles. The number of furan rings is 1. The highest BCUT2D eigenvalue weighted by molar-refractivity contribution is 7.15. The van der Waals surface area contributed by atoms with E-state index in [1.54, 1.807) is 54.7 Å². The van der Waals surface area contributed by atoms with Crippen molar-refractivity contribution in [2.45, 2.75) is 6.42 Å². The molecule has 0 radical (unpaired) electrons. The molecule has 1 N–H and O–H groups in total. The van der Waals surface area contributed by atoms with Crippen molar-refractivity contribution in [1.82, 2.24) is 4.98 Å². The standard InChI is InChI=1S/C24H13Cl4N3O2S/c25-16-2-5-19(26)14(7-16)9-18-12-30-24(34-18)31-23(32)15(11-29)8-17-3-6-22(33-17)13-1-4-20(27)21(28)10-13/h1-8,10,12H,9H2,(H,30,31,32)/b15-8+. The number of nitrogens with zero attached hydrogens (tertiary/aromatic N) is 2. The van der Waals surface area contributed by atoms with Gasteiger partial charge in [0.2, 0.25) is 0 Å². The van der Waals surface area contributed by atoms with Crippen LogP contribution in [0.25, 0.3) is 17.4 Å². The molecule has 10 heteroatoms. The maximum Gasteiger partial charge on any atom is 0.268 e. The Hall–Kier alpha value is -2.79. The molecule has 5 nitrogen and oxygen atoms in total. The van der Waals surface area contributed by atoms with Gasteiger partial charge in [-0.05, 0) is 54.1 Å². The van der Waals surface area contributed by atoms with Crippen LogP contribution in [-0.2, 0) is 11.2 Å². The third kappa shape index (κ3) is 5.82. The van der Waals surface area contributed by atoms with Gasteiger partial charge in [-0.2, -0.15) is 5.26 Å². The molecule has 170 valence electrons. The van der Waals surface area contributed by atoms with Crippen molar-refractivity contribution in [3.05, 3.63) is 96.6 Å². The van der Waals surface area contributed by atoms with Crippen LogP contribution in [0.3, 0.4) is 0 Å². The molecule has 0 fully saturated rings. The second kappa shape index (κ2) is 10.6. The number of carbonyl (C=O) groups excluding carboxylic acids is 1. The third-order valence-corrected chi connectivity index (χ3v) is 6.88. The van der Waals surface area contributed by atoms with E-state index in [0.717, 1.165) is 10.4 Å².